The Morgan fingerprint density at radius 3 is 2.29 bits per heavy atom. The molecular weight excluding hydrogens is 246 g/mol. The molecule has 0 aliphatic heterocycles. The number of nitrogens with zero attached hydrogens (tertiary/aromatic N) is 3. The van der Waals surface area contributed by atoms with E-state index in [1.54, 1.807) is 5.40 Å². The lowest BCUT2D eigenvalue weighted by atomic mass is 10.1. The van der Waals surface area contributed by atoms with E-state index in [1.165, 1.54) is 24.3 Å². The van der Waals surface area contributed by atoms with E-state index in [0.29, 0.717) is 5.56 Å². The first-order chi connectivity index (χ1) is 8.04. The van der Waals surface area contributed by atoms with Crippen molar-refractivity contribution in [2.24, 2.45) is 0 Å². The molecule has 1 unspecified atom stereocenters. The SMILES string of the molecule is N#CSC(C[N+](=O)[O-])c1ccc([N+](=O)[O-])cc1. The van der Waals surface area contributed by atoms with Crippen molar-refractivity contribution >= 4 is 17.4 Å². The first kappa shape index (κ1) is 12.9. The van der Waals surface area contributed by atoms with Gasteiger partial charge in [-0.15, -0.1) is 0 Å². The molecule has 0 saturated heterocycles. The summed E-state index contributed by atoms with van der Waals surface area (Å²) in [5, 5.41) is 30.5. The van der Waals surface area contributed by atoms with E-state index < -0.39 is 21.6 Å². The summed E-state index contributed by atoms with van der Waals surface area (Å²) in [6.45, 7) is -0.393. The number of thioether (sulfide) groups is 1. The first-order valence-electron chi connectivity index (χ1n) is 4.45. The molecule has 7 nitrogen and oxygen atoms in total. The fourth-order valence-corrected chi connectivity index (χ4v) is 1.84. The van der Waals surface area contributed by atoms with Gasteiger partial charge in [-0.3, -0.25) is 20.2 Å². The molecule has 0 bridgehead atoms. The second-order valence-corrected chi connectivity index (χ2v) is 4.05. The van der Waals surface area contributed by atoms with Crippen LogP contribution in [0, 0.1) is 30.9 Å². The number of rotatable bonds is 5. The molecule has 1 aromatic rings. The van der Waals surface area contributed by atoms with Crippen molar-refractivity contribution in [3.63, 3.8) is 0 Å². The minimum atomic E-state index is -0.615. The number of thiocyanates is 1. The highest BCUT2D eigenvalue weighted by Crippen LogP contribution is 2.29. The molecule has 0 fully saturated rings. The summed E-state index contributed by atoms with van der Waals surface area (Å²) in [6, 6.07) is 5.38. The molecule has 0 N–H and O–H groups in total. The maximum atomic E-state index is 10.4. The number of nitro groups is 2. The van der Waals surface area contributed by atoms with Crippen LogP contribution in [0.15, 0.2) is 24.3 Å². The number of nitro benzene ring substituents is 1. The number of benzene rings is 1. The summed E-state index contributed by atoms with van der Waals surface area (Å²) >= 11 is 0.766. The van der Waals surface area contributed by atoms with Crippen LogP contribution in [0.25, 0.3) is 0 Å². The second kappa shape index (κ2) is 5.81. The Kier molecular flexibility index (Phi) is 4.42. The van der Waals surface area contributed by atoms with Crippen molar-refractivity contribution in [1.82, 2.24) is 0 Å². The molecular formula is C9H7N3O4S. The maximum Gasteiger partial charge on any atom is 0.269 e. The van der Waals surface area contributed by atoms with Crippen molar-refractivity contribution in [1.29, 1.82) is 5.26 Å². The molecule has 1 atom stereocenters. The molecule has 17 heavy (non-hydrogen) atoms. The largest absolute Gasteiger partial charge is 0.269 e. The molecule has 0 heterocycles. The third-order valence-electron chi connectivity index (χ3n) is 1.99. The van der Waals surface area contributed by atoms with Crippen LogP contribution in [0.3, 0.4) is 0 Å². The summed E-state index contributed by atoms with van der Waals surface area (Å²) in [4.78, 5) is 19.8. The predicted octanol–water partition coefficient (Wildman–Crippen LogP) is 2.13. The molecule has 88 valence electrons. The van der Waals surface area contributed by atoms with Crippen LogP contribution in [0.5, 0.6) is 0 Å². The molecule has 0 aliphatic rings. The van der Waals surface area contributed by atoms with Gasteiger partial charge in [-0.05, 0) is 17.3 Å². The average Bonchev–Trinajstić information content (AvgIpc) is 2.28. The standard InChI is InChI=1S/C9H7N3O4S/c10-6-17-9(5-11(13)14)7-1-3-8(4-2-7)12(15)16/h1-4,9H,5H2. The van der Waals surface area contributed by atoms with Gasteiger partial charge < -0.3 is 0 Å². The zero-order chi connectivity index (χ0) is 12.8. The van der Waals surface area contributed by atoms with Gasteiger partial charge in [0.05, 0.1) is 4.92 Å². The summed E-state index contributed by atoms with van der Waals surface area (Å²) in [6.07, 6.45) is 0. The van der Waals surface area contributed by atoms with Crippen molar-refractivity contribution in [2.75, 3.05) is 6.54 Å². The summed E-state index contributed by atoms with van der Waals surface area (Å²) in [7, 11) is 0. The Labute approximate surface area is 100 Å². The normalized spacial score (nSPS) is 11.5. The zero-order valence-corrected chi connectivity index (χ0v) is 9.29. The van der Waals surface area contributed by atoms with Gasteiger partial charge in [0.1, 0.15) is 10.7 Å². The van der Waals surface area contributed by atoms with Gasteiger partial charge in [0.2, 0.25) is 6.54 Å². The molecule has 0 aromatic heterocycles. The van der Waals surface area contributed by atoms with E-state index in [-0.39, 0.29) is 5.69 Å². The highest BCUT2D eigenvalue weighted by atomic mass is 32.2. The van der Waals surface area contributed by atoms with E-state index in [1.807, 2.05) is 0 Å². The van der Waals surface area contributed by atoms with Crippen molar-refractivity contribution in [2.45, 2.75) is 5.25 Å². The third-order valence-corrected chi connectivity index (χ3v) is 2.80. The van der Waals surface area contributed by atoms with Crippen LogP contribution < -0.4 is 0 Å². The highest BCUT2D eigenvalue weighted by molar-refractivity contribution is 8.03. The lowest BCUT2D eigenvalue weighted by molar-refractivity contribution is -0.479. The molecule has 8 heteroatoms. The van der Waals surface area contributed by atoms with Crippen LogP contribution >= 0.6 is 11.8 Å². The zero-order valence-electron chi connectivity index (χ0n) is 8.48. The Balaban J connectivity index is 2.91. The number of hydrogen-bond donors (Lipinski definition) is 0. The molecule has 0 amide bonds. The van der Waals surface area contributed by atoms with Crippen molar-refractivity contribution in [3.8, 4) is 5.40 Å². The van der Waals surface area contributed by atoms with E-state index >= 15 is 0 Å². The van der Waals surface area contributed by atoms with Crippen molar-refractivity contribution in [3.05, 3.63) is 50.1 Å². The van der Waals surface area contributed by atoms with Crippen LogP contribution in [0.2, 0.25) is 0 Å². The van der Waals surface area contributed by atoms with Crippen LogP contribution in [0.4, 0.5) is 5.69 Å². The minimum Gasteiger partial charge on any atom is -0.264 e. The molecule has 0 spiro atoms. The summed E-state index contributed by atoms with van der Waals surface area (Å²) in [5.74, 6) is 0. The molecule has 0 saturated carbocycles. The lowest BCUT2D eigenvalue weighted by Crippen LogP contribution is -2.09. The minimum absolute atomic E-state index is 0.0874. The van der Waals surface area contributed by atoms with Gasteiger partial charge in [0, 0.05) is 17.1 Å². The summed E-state index contributed by atoms with van der Waals surface area (Å²) in [5.41, 5.74) is 0.439. The maximum absolute atomic E-state index is 10.4. The Hall–Kier alpha value is -2.14. The molecule has 1 rings (SSSR count). The topological polar surface area (TPSA) is 110 Å². The first-order valence-corrected chi connectivity index (χ1v) is 5.33. The van der Waals surface area contributed by atoms with Gasteiger partial charge in [0.15, 0.2) is 0 Å². The predicted molar refractivity (Wildman–Crippen MR) is 60.9 cm³/mol. The average molecular weight is 253 g/mol. The van der Waals surface area contributed by atoms with Gasteiger partial charge in [0.25, 0.3) is 5.69 Å². The highest BCUT2D eigenvalue weighted by Gasteiger charge is 2.19. The van der Waals surface area contributed by atoms with E-state index in [0.717, 1.165) is 11.8 Å². The number of non-ortho nitro benzene ring substituents is 1. The fraction of sp³-hybridized carbons (Fsp3) is 0.222. The van der Waals surface area contributed by atoms with Gasteiger partial charge in [-0.2, -0.15) is 5.26 Å². The van der Waals surface area contributed by atoms with Crippen LogP contribution in [-0.2, 0) is 0 Å². The monoisotopic (exact) mass is 253 g/mol. The fourth-order valence-electron chi connectivity index (χ4n) is 1.22. The lowest BCUT2D eigenvalue weighted by Gasteiger charge is -2.07. The number of hydrogen-bond acceptors (Lipinski definition) is 6. The molecule has 0 radical (unpaired) electrons. The quantitative estimate of drug-likeness (QED) is 0.451. The molecule has 0 aliphatic carbocycles. The van der Waals surface area contributed by atoms with Gasteiger partial charge in [-0.25, -0.2) is 0 Å². The molecule has 1 aromatic carbocycles. The Morgan fingerprint density at radius 1 is 1.29 bits per heavy atom. The number of nitriles is 1. The summed E-state index contributed by atoms with van der Waals surface area (Å²) < 4.78 is 0. The smallest absolute Gasteiger partial charge is 0.264 e. The van der Waals surface area contributed by atoms with Crippen LogP contribution in [-0.4, -0.2) is 16.4 Å². The van der Waals surface area contributed by atoms with E-state index in [2.05, 4.69) is 0 Å². The third kappa shape index (κ3) is 3.73. The Bertz CT molecular complexity index is 468. The Morgan fingerprint density at radius 2 is 1.88 bits per heavy atom. The van der Waals surface area contributed by atoms with E-state index in [9.17, 15) is 20.2 Å². The second-order valence-electron chi connectivity index (χ2n) is 3.06. The van der Waals surface area contributed by atoms with E-state index in [4.69, 9.17) is 5.26 Å². The van der Waals surface area contributed by atoms with Crippen LogP contribution in [0.1, 0.15) is 10.8 Å². The van der Waals surface area contributed by atoms with Gasteiger partial charge >= 0.3 is 0 Å². The van der Waals surface area contributed by atoms with Crippen molar-refractivity contribution < 1.29 is 9.85 Å². The van der Waals surface area contributed by atoms with Gasteiger partial charge in [-0.1, -0.05) is 12.1 Å².